The fourth-order valence-electron chi connectivity index (χ4n) is 1.10. The first-order valence-corrected chi connectivity index (χ1v) is 4.80. The number of aromatic nitrogens is 3. The quantitative estimate of drug-likeness (QED) is 0.717. The van der Waals surface area contributed by atoms with Gasteiger partial charge in [0.25, 0.3) is 0 Å². The molecule has 0 unspecified atom stereocenters. The summed E-state index contributed by atoms with van der Waals surface area (Å²) in [6.45, 7) is 3.99. The van der Waals surface area contributed by atoms with E-state index in [1.165, 1.54) is 11.0 Å². The van der Waals surface area contributed by atoms with Crippen LogP contribution in [-0.2, 0) is 9.53 Å². The third-order valence-electron chi connectivity index (χ3n) is 1.75. The fourth-order valence-corrected chi connectivity index (χ4v) is 1.23. The molecular formula is C8H12ClN3O2. The molecule has 0 N–H and O–H groups in total. The molecular weight excluding hydrogens is 206 g/mol. The van der Waals surface area contributed by atoms with Crippen molar-refractivity contribution in [3.05, 3.63) is 11.6 Å². The number of hydrogen-bond donors (Lipinski definition) is 0. The van der Waals surface area contributed by atoms with Crippen molar-refractivity contribution in [3.8, 4) is 0 Å². The zero-order valence-corrected chi connectivity index (χ0v) is 8.86. The molecule has 0 bridgehead atoms. The van der Waals surface area contributed by atoms with Crippen molar-refractivity contribution in [1.29, 1.82) is 0 Å². The second-order valence-corrected chi connectivity index (χ2v) is 3.01. The van der Waals surface area contributed by atoms with Gasteiger partial charge in [0, 0.05) is 0 Å². The summed E-state index contributed by atoms with van der Waals surface area (Å²) in [5.74, 6) is -0.309. The summed E-state index contributed by atoms with van der Waals surface area (Å²) < 4.78 is 6.30. The normalized spacial score (nSPS) is 12.5. The summed E-state index contributed by atoms with van der Waals surface area (Å²) in [5.41, 5.74) is 0. The minimum Gasteiger partial charge on any atom is -0.464 e. The molecule has 0 spiro atoms. The maximum Gasteiger partial charge on any atom is 0.330 e. The van der Waals surface area contributed by atoms with E-state index in [2.05, 4.69) is 10.1 Å². The van der Waals surface area contributed by atoms with Crippen molar-refractivity contribution in [2.45, 2.75) is 26.3 Å². The monoisotopic (exact) mass is 217 g/mol. The molecule has 5 nitrogen and oxygen atoms in total. The highest BCUT2D eigenvalue weighted by atomic mass is 35.5. The Balaban J connectivity index is 2.76. The first kappa shape index (κ1) is 11.0. The second kappa shape index (κ2) is 4.95. The van der Waals surface area contributed by atoms with Crippen LogP contribution in [0.5, 0.6) is 0 Å². The second-order valence-electron chi connectivity index (χ2n) is 2.67. The summed E-state index contributed by atoms with van der Waals surface area (Å²) in [6, 6.07) is -0.435. The van der Waals surface area contributed by atoms with E-state index in [9.17, 15) is 4.79 Å². The number of hydrogen-bond acceptors (Lipinski definition) is 4. The van der Waals surface area contributed by atoms with Gasteiger partial charge < -0.3 is 4.74 Å². The van der Waals surface area contributed by atoms with Crippen molar-refractivity contribution >= 4 is 17.6 Å². The Kier molecular flexibility index (Phi) is 3.88. The predicted molar refractivity (Wildman–Crippen MR) is 51.0 cm³/mol. The minimum absolute atomic E-state index is 0.132. The highest BCUT2D eigenvalue weighted by Gasteiger charge is 2.20. The van der Waals surface area contributed by atoms with Gasteiger partial charge in [0.2, 0.25) is 5.28 Å². The van der Waals surface area contributed by atoms with Gasteiger partial charge in [-0.1, -0.05) is 6.92 Å². The molecule has 0 saturated heterocycles. The summed E-state index contributed by atoms with van der Waals surface area (Å²) in [6.07, 6.45) is 2.02. The van der Waals surface area contributed by atoms with E-state index >= 15 is 0 Å². The number of esters is 1. The van der Waals surface area contributed by atoms with E-state index in [1.54, 1.807) is 6.92 Å². The van der Waals surface area contributed by atoms with Crippen LogP contribution in [0.4, 0.5) is 0 Å². The molecule has 1 aromatic heterocycles. The Morgan fingerprint density at radius 1 is 1.71 bits per heavy atom. The maximum atomic E-state index is 11.4. The summed E-state index contributed by atoms with van der Waals surface area (Å²) >= 11 is 5.55. The maximum absolute atomic E-state index is 11.4. The van der Waals surface area contributed by atoms with Gasteiger partial charge in [-0.2, -0.15) is 0 Å². The number of rotatable bonds is 4. The van der Waals surface area contributed by atoms with E-state index in [4.69, 9.17) is 16.3 Å². The zero-order valence-electron chi connectivity index (χ0n) is 8.11. The molecule has 6 heteroatoms. The number of halogens is 1. The SMILES string of the molecule is CCOC(=O)[C@H](CC)n1cnc(Cl)n1. The average Bonchev–Trinajstić information content (AvgIpc) is 2.54. The summed E-state index contributed by atoms with van der Waals surface area (Å²) in [5, 5.41) is 3.99. The van der Waals surface area contributed by atoms with Crippen molar-refractivity contribution in [3.63, 3.8) is 0 Å². The van der Waals surface area contributed by atoms with Gasteiger partial charge in [-0.25, -0.2) is 14.5 Å². The zero-order chi connectivity index (χ0) is 10.6. The number of carbonyl (C=O) groups is 1. The van der Waals surface area contributed by atoms with E-state index in [-0.39, 0.29) is 11.3 Å². The molecule has 14 heavy (non-hydrogen) atoms. The lowest BCUT2D eigenvalue weighted by atomic mass is 10.2. The van der Waals surface area contributed by atoms with Crippen molar-refractivity contribution in [1.82, 2.24) is 14.8 Å². The van der Waals surface area contributed by atoms with E-state index in [0.717, 1.165) is 0 Å². The highest BCUT2D eigenvalue weighted by molar-refractivity contribution is 6.28. The molecule has 1 rings (SSSR count). The lowest BCUT2D eigenvalue weighted by Gasteiger charge is -2.12. The van der Waals surface area contributed by atoms with Crippen LogP contribution in [0.3, 0.4) is 0 Å². The molecule has 0 aromatic carbocycles. The van der Waals surface area contributed by atoms with Gasteiger partial charge in [0.1, 0.15) is 6.33 Å². The van der Waals surface area contributed by atoms with Gasteiger partial charge in [-0.05, 0) is 24.9 Å². The van der Waals surface area contributed by atoms with Gasteiger partial charge in [0.05, 0.1) is 6.61 Å². The smallest absolute Gasteiger partial charge is 0.330 e. The molecule has 0 saturated carbocycles. The van der Waals surface area contributed by atoms with Crippen LogP contribution in [0.2, 0.25) is 5.28 Å². The van der Waals surface area contributed by atoms with Crippen molar-refractivity contribution in [2.24, 2.45) is 0 Å². The number of ether oxygens (including phenoxy) is 1. The molecule has 0 aliphatic heterocycles. The first-order valence-electron chi connectivity index (χ1n) is 4.42. The van der Waals surface area contributed by atoms with Crippen molar-refractivity contribution < 1.29 is 9.53 Å². The Morgan fingerprint density at radius 2 is 2.43 bits per heavy atom. The molecule has 78 valence electrons. The van der Waals surface area contributed by atoms with E-state index in [1.807, 2.05) is 6.92 Å². The molecule has 0 aliphatic rings. The van der Waals surface area contributed by atoms with Gasteiger partial charge in [-0.3, -0.25) is 0 Å². The highest BCUT2D eigenvalue weighted by Crippen LogP contribution is 2.12. The summed E-state index contributed by atoms with van der Waals surface area (Å²) in [7, 11) is 0. The van der Waals surface area contributed by atoms with Crippen LogP contribution >= 0.6 is 11.6 Å². The largest absolute Gasteiger partial charge is 0.464 e. The van der Waals surface area contributed by atoms with Crippen LogP contribution in [0.15, 0.2) is 6.33 Å². The van der Waals surface area contributed by atoms with Gasteiger partial charge in [-0.15, -0.1) is 5.10 Å². The third-order valence-corrected chi connectivity index (χ3v) is 1.92. The van der Waals surface area contributed by atoms with Crippen molar-refractivity contribution in [2.75, 3.05) is 6.61 Å². The Bertz CT molecular complexity index is 313. The molecule has 1 heterocycles. The van der Waals surface area contributed by atoms with Gasteiger partial charge >= 0.3 is 5.97 Å². The average molecular weight is 218 g/mol. The van der Waals surface area contributed by atoms with E-state index < -0.39 is 6.04 Å². The Morgan fingerprint density at radius 3 is 2.86 bits per heavy atom. The Labute approximate surface area is 87.0 Å². The van der Waals surface area contributed by atoms with Crippen LogP contribution in [-0.4, -0.2) is 27.3 Å². The number of nitrogens with zero attached hydrogens (tertiary/aromatic N) is 3. The molecule has 0 radical (unpaired) electrons. The minimum atomic E-state index is -0.435. The van der Waals surface area contributed by atoms with Gasteiger partial charge in [0.15, 0.2) is 6.04 Å². The van der Waals surface area contributed by atoms with Crippen LogP contribution in [0.25, 0.3) is 0 Å². The Hall–Kier alpha value is -1.10. The van der Waals surface area contributed by atoms with Crippen LogP contribution < -0.4 is 0 Å². The molecule has 1 atom stereocenters. The topological polar surface area (TPSA) is 57.0 Å². The summed E-state index contributed by atoms with van der Waals surface area (Å²) in [4.78, 5) is 15.2. The molecule has 0 aliphatic carbocycles. The fraction of sp³-hybridized carbons (Fsp3) is 0.625. The number of carbonyl (C=O) groups excluding carboxylic acids is 1. The van der Waals surface area contributed by atoms with Crippen LogP contribution in [0.1, 0.15) is 26.3 Å². The molecule has 0 amide bonds. The molecule has 0 fully saturated rings. The first-order chi connectivity index (χ1) is 6.69. The lowest BCUT2D eigenvalue weighted by molar-refractivity contribution is -0.147. The predicted octanol–water partition coefficient (Wildman–Crippen LogP) is 1.45. The van der Waals surface area contributed by atoms with Crippen LogP contribution in [0, 0.1) is 0 Å². The standard InChI is InChI=1S/C8H12ClN3O2/c1-3-6(7(13)14-4-2)12-5-10-8(9)11-12/h5-6H,3-4H2,1-2H3/t6-/m0/s1. The lowest BCUT2D eigenvalue weighted by Crippen LogP contribution is -2.21. The van der Waals surface area contributed by atoms with E-state index in [0.29, 0.717) is 13.0 Å². The third kappa shape index (κ3) is 2.45. The molecule has 1 aromatic rings.